The number of benzene rings is 2. The van der Waals surface area contributed by atoms with Crippen LogP contribution in [0.2, 0.25) is 0 Å². The number of hydrogen-bond acceptors (Lipinski definition) is 4. The second kappa shape index (κ2) is 8.77. The summed E-state index contributed by atoms with van der Waals surface area (Å²) in [6, 6.07) is 16.2. The lowest BCUT2D eigenvalue weighted by molar-refractivity contribution is 0.250. The van der Waals surface area contributed by atoms with Crippen molar-refractivity contribution >= 4 is 28.8 Å². The fourth-order valence-corrected chi connectivity index (χ4v) is 3.05. The smallest absolute Gasteiger partial charge is 0.319 e. The van der Waals surface area contributed by atoms with Gasteiger partial charge in [-0.3, -0.25) is 0 Å². The summed E-state index contributed by atoms with van der Waals surface area (Å²) in [5.41, 5.74) is 4.07. The highest BCUT2D eigenvalue weighted by Crippen LogP contribution is 2.23. The third-order valence-electron chi connectivity index (χ3n) is 4.59. The van der Waals surface area contributed by atoms with E-state index in [-0.39, 0.29) is 12.1 Å². The maximum Gasteiger partial charge on any atom is 0.319 e. The Morgan fingerprint density at radius 1 is 0.852 bits per heavy atom. The van der Waals surface area contributed by atoms with Gasteiger partial charge in [-0.25, -0.2) is 4.79 Å². The minimum Gasteiger partial charge on any atom is -0.369 e. The molecule has 1 heterocycles. The van der Waals surface area contributed by atoms with Gasteiger partial charge in [0, 0.05) is 55.0 Å². The molecular weight excluding hydrogens is 338 g/mol. The molecule has 1 saturated heterocycles. The maximum absolute atomic E-state index is 11.7. The van der Waals surface area contributed by atoms with Gasteiger partial charge in [0.25, 0.3) is 0 Å². The summed E-state index contributed by atoms with van der Waals surface area (Å²) >= 11 is 0. The van der Waals surface area contributed by atoms with Gasteiger partial charge in [-0.2, -0.15) is 0 Å². The number of anilines is 4. The van der Waals surface area contributed by atoms with Crippen molar-refractivity contribution in [3.05, 3.63) is 48.5 Å². The summed E-state index contributed by atoms with van der Waals surface area (Å²) in [6.45, 7) is 8.22. The highest BCUT2D eigenvalue weighted by molar-refractivity contribution is 5.89. The third kappa shape index (κ3) is 5.62. The van der Waals surface area contributed by atoms with E-state index in [9.17, 15) is 4.79 Å². The van der Waals surface area contributed by atoms with Crippen molar-refractivity contribution in [2.45, 2.75) is 19.9 Å². The molecule has 0 unspecified atom stereocenters. The first kappa shape index (κ1) is 19.0. The average Bonchev–Trinajstić information content (AvgIpc) is 2.64. The Morgan fingerprint density at radius 2 is 1.37 bits per heavy atom. The lowest BCUT2D eigenvalue weighted by Crippen LogP contribution is -2.44. The summed E-state index contributed by atoms with van der Waals surface area (Å²) < 4.78 is 0. The van der Waals surface area contributed by atoms with Crippen molar-refractivity contribution in [3.8, 4) is 0 Å². The Kier molecular flexibility index (Phi) is 6.19. The molecule has 27 heavy (non-hydrogen) atoms. The largest absolute Gasteiger partial charge is 0.369 e. The number of likely N-dealkylation sites (N-methyl/N-ethyl adjacent to an activating group) is 1. The van der Waals surface area contributed by atoms with E-state index in [1.165, 1.54) is 5.69 Å². The van der Waals surface area contributed by atoms with Gasteiger partial charge in [-0.05, 0) is 69.4 Å². The molecular formula is C21H29N5O. The lowest BCUT2D eigenvalue weighted by Gasteiger charge is -2.34. The molecule has 2 amide bonds. The molecule has 2 aromatic carbocycles. The lowest BCUT2D eigenvalue weighted by atomic mass is 10.2. The van der Waals surface area contributed by atoms with E-state index in [2.05, 4.69) is 57.1 Å². The average molecular weight is 367 g/mol. The first-order valence-corrected chi connectivity index (χ1v) is 9.48. The summed E-state index contributed by atoms with van der Waals surface area (Å²) in [7, 11) is 2.17. The topological polar surface area (TPSA) is 59.6 Å². The van der Waals surface area contributed by atoms with Gasteiger partial charge in [0.1, 0.15) is 0 Å². The summed E-state index contributed by atoms with van der Waals surface area (Å²) in [5, 5.41) is 9.03. The van der Waals surface area contributed by atoms with Gasteiger partial charge in [-0.1, -0.05) is 0 Å². The predicted molar refractivity (Wildman–Crippen MR) is 113 cm³/mol. The minimum absolute atomic E-state index is 0.111. The van der Waals surface area contributed by atoms with Gasteiger partial charge in [0.2, 0.25) is 0 Å². The number of rotatable bonds is 5. The van der Waals surface area contributed by atoms with Crippen LogP contribution in [0.15, 0.2) is 48.5 Å². The van der Waals surface area contributed by atoms with E-state index < -0.39 is 0 Å². The molecule has 0 atom stereocenters. The monoisotopic (exact) mass is 367 g/mol. The molecule has 1 fully saturated rings. The van der Waals surface area contributed by atoms with Crippen molar-refractivity contribution < 1.29 is 4.79 Å². The predicted octanol–water partition coefficient (Wildman–Crippen LogP) is 3.71. The molecule has 3 rings (SSSR count). The van der Waals surface area contributed by atoms with Gasteiger partial charge in [0.05, 0.1) is 0 Å². The molecule has 6 nitrogen and oxygen atoms in total. The van der Waals surface area contributed by atoms with E-state index in [1.54, 1.807) is 0 Å². The van der Waals surface area contributed by atoms with Crippen LogP contribution < -0.4 is 20.9 Å². The Hall–Kier alpha value is -2.73. The van der Waals surface area contributed by atoms with E-state index in [4.69, 9.17) is 0 Å². The first-order chi connectivity index (χ1) is 13.0. The first-order valence-electron chi connectivity index (χ1n) is 9.48. The molecule has 0 saturated carbocycles. The van der Waals surface area contributed by atoms with E-state index >= 15 is 0 Å². The normalized spacial score (nSPS) is 14.9. The fourth-order valence-electron chi connectivity index (χ4n) is 3.05. The van der Waals surface area contributed by atoms with Crippen LogP contribution in [0.4, 0.5) is 27.5 Å². The highest BCUT2D eigenvalue weighted by Gasteiger charge is 2.13. The molecule has 0 radical (unpaired) electrons. The molecule has 3 N–H and O–H groups in total. The number of amides is 2. The minimum atomic E-state index is -0.190. The molecule has 0 bridgehead atoms. The van der Waals surface area contributed by atoms with Crippen LogP contribution in [-0.4, -0.2) is 50.2 Å². The van der Waals surface area contributed by atoms with Gasteiger partial charge in [0.15, 0.2) is 0 Å². The fraction of sp³-hybridized carbons (Fsp3) is 0.381. The highest BCUT2D eigenvalue weighted by atomic mass is 16.2. The Labute approximate surface area is 161 Å². The van der Waals surface area contributed by atoms with E-state index in [0.29, 0.717) is 0 Å². The molecule has 6 heteroatoms. The van der Waals surface area contributed by atoms with Crippen LogP contribution in [0.3, 0.4) is 0 Å². The number of hydrogen-bond donors (Lipinski definition) is 3. The van der Waals surface area contributed by atoms with Crippen LogP contribution in [-0.2, 0) is 0 Å². The number of nitrogens with zero attached hydrogens (tertiary/aromatic N) is 2. The third-order valence-corrected chi connectivity index (χ3v) is 4.59. The summed E-state index contributed by atoms with van der Waals surface area (Å²) in [4.78, 5) is 16.5. The standard InChI is InChI=1S/C21H29N5O/c1-16(2)22-21(27)24-19-6-4-17(5-7-19)23-18-8-10-20(11-9-18)26-14-12-25(3)13-15-26/h4-11,16,23H,12-15H2,1-3H3,(H2,22,24,27). The second-order valence-electron chi connectivity index (χ2n) is 7.29. The van der Waals surface area contributed by atoms with Crippen LogP contribution >= 0.6 is 0 Å². The molecule has 1 aliphatic heterocycles. The van der Waals surface area contributed by atoms with Crippen LogP contribution in [0, 0.1) is 0 Å². The maximum atomic E-state index is 11.7. The van der Waals surface area contributed by atoms with Crippen LogP contribution in [0.5, 0.6) is 0 Å². The van der Waals surface area contributed by atoms with Gasteiger partial charge in [-0.15, -0.1) is 0 Å². The quantitative estimate of drug-likeness (QED) is 0.754. The Morgan fingerprint density at radius 3 is 1.93 bits per heavy atom. The number of urea groups is 1. The van der Waals surface area contributed by atoms with Crippen molar-refractivity contribution in [1.29, 1.82) is 0 Å². The second-order valence-corrected chi connectivity index (χ2v) is 7.29. The Balaban J connectivity index is 1.55. The molecule has 0 aromatic heterocycles. The van der Waals surface area contributed by atoms with Gasteiger partial charge >= 0.3 is 6.03 Å². The van der Waals surface area contributed by atoms with Gasteiger partial charge < -0.3 is 25.8 Å². The van der Waals surface area contributed by atoms with Crippen LogP contribution in [0.25, 0.3) is 0 Å². The number of carbonyl (C=O) groups excluding carboxylic acids is 1. The SMILES string of the molecule is CC(C)NC(=O)Nc1ccc(Nc2ccc(N3CCN(C)CC3)cc2)cc1. The zero-order valence-corrected chi connectivity index (χ0v) is 16.3. The summed E-state index contributed by atoms with van der Waals surface area (Å²) in [6.07, 6.45) is 0. The Bertz CT molecular complexity index is 734. The van der Waals surface area contributed by atoms with Crippen molar-refractivity contribution in [2.75, 3.05) is 48.8 Å². The number of nitrogens with one attached hydrogen (secondary N) is 3. The summed E-state index contributed by atoms with van der Waals surface area (Å²) in [5.74, 6) is 0. The van der Waals surface area contributed by atoms with E-state index in [1.807, 2.05) is 38.1 Å². The number of carbonyl (C=O) groups is 1. The molecule has 0 spiro atoms. The zero-order chi connectivity index (χ0) is 19.2. The van der Waals surface area contributed by atoms with Crippen LogP contribution in [0.1, 0.15) is 13.8 Å². The molecule has 0 aliphatic carbocycles. The van der Waals surface area contributed by atoms with Crippen molar-refractivity contribution in [2.24, 2.45) is 0 Å². The molecule has 144 valence electrons. The van der Waals surface area contributed by atoms with Crippen molar-refractivity contribution in [3.63, 3.8) is 0 Å². The molecule has 1 aliphatic rings. The number of piperazine rings is 1. The zero-order valence-electron chi connectivity index (χ0n) is 16.3. The van der Waals surface area contributed by atoms with E-state index in [0.717, 1.165) is 43.2 Å². The van der Waals surface area contributed by atoms with Crippen molar-refractivity contribution in [1.82, 2.24) is 10.2 Å². The molecule has 2 aromatic rings.